The highest BCUT2D eigenvalue weighted by Gasteiger charge is 2.27. The van der Waals surface area contributed by atoms with Crippen LogP contribution < -0.4 is 21.1 Å². The number of nitrogens with one attached hydrogen (secondary N) is 2. The summed E-state index contributed by atoms with van der Waals surface area (Å²) < 4.78 is 13.0. The van der Waals surface area contributed by atoms with Gasteiger partial charge in [-0.3, -0.25) is 9.48 Å². The second kappa shape index (κ2) is 11.5. The Kier molecular flexibility index (Phi) is 8.14. The minimum Gasteiger partial charge on any atom is -0.494 e. The Bertz CT molecular complexity index is 1240. The average molecular weight is 512 g/mol. The minimum atomic E-state index is -0.447. The molecule has 1 aliphatic rings. The fourth-order valence-corrected chi connectivity index (χ4v) is 5.65. The molecule has 2 aromatic heterocycles. The molecule has 4 rings (SSSR count). The van der Waals surface area contributed by atoms with Gasteiger partial charge in [-0.25, -0.2) is 4.79 Å². The van der Waals surface area contributed by atoms with Crippen LogP contribution in [-0.4, -0.2) is 34.5 Å². The number of nitrogen functional groups attached to an aromatic ring is 1. The second-order valence-electron chi connectivity index (χ2n) is 8.87. The number of benzene rings is 1. The lowest BCUT2D eigenvalue weighted by Gasteiger charge is -2.22. The van der Waals surface area contributed by atoms with Gasteiger partial charge in [0, 0.05) is 43.1 Å². The number of aromatic nitrogens is 2. The Hall–Kier alpha value is -3.53. The third-order valence-electron chi connectivity index (χ3n) is 6.22. The lowest BCUT2D eigenvalue weighted by Crippen LogP contribution is -2.31. The molecule has 36 heavy (non-hydrogen) atoms. The van der Waals surface area contributed by atoms with Gasteiger partial charge >= 0.3 is 6.09 Å². The Morgan fingerprint density at radius 2 is 2.08 bits per heavy atom. The first-order valence-corrected chi connectivity index (χ1v) is 13.0. The first kappa shape index (κ1) is 25.6. The third-order valence-corrected chi connectivity index (χ3v) is 7.41. The number of anilines is 2. The number of nitrogens with zero attached hydrogens (tertiary/aromatic N) is 2. The predicted molar refractivity (Wildman–Crippen MR) is 140 cm³/mol. The maximum absolute atomic E-state index is 12.7. The topological polar surface area (TPSA) is 121 Å². The number of aryl methyl sites for hydroxylation is 3. The van der Waals surface area contributed by atoms with E-state index in [1.807, 2.05) is 51.4 Å². The number of carbonyl (C=O) groups is 2. The van der Waals surface area contributed by atoms with E-state index >= 15 is 0 Å². The van der Waals surface area contributed by atoms with Gasteiger partial charge in [0.05, 0.1) is 18.0 Å². The van der Waals surface area contributed by atoms with Crippen LogP contribution in [-0.2, 0) is 42.4 Å². The van der Waals surface area contributed by atoms with Crippen LogP contribution in [0.25, 0.3) is 0 Å². The summed E-state index contributed by atoms with van der Waals surface area (Å²) in [5.41, 5.74) is 10.9. The molecule has 9 nitrogen and oxygen atoms in total. The standard InChI is InChI=1S/C26H33N5O4S/c1-4-34-21-8-6-5-7-17(21)9-12-23(32)29-25-24(27)20-11-10-19(13-22(20)36-25)35-26(33)28-14-18-15-31(3)30-16(18)2/h5-8,15,19H,4,9-14,27H2,1-3H3,(H,28,33)(H,29,32). The number of amides is 2. The number of para-hydroxylation sites is 1. The van der Waals surface area contributed by atoms with Crippen molar-refractivity contribution in [1.29, 1.82) is 0 Å². The van der Waals surface area contributed by atoms with Crippen molar-refractivity contribution in [2.45, 2.75) is 58.6 Å². The summed E-state index contributed by atoms with van der Waals surface area (Å²) in [6, 6.07) is 7.76. The predicted octanol–water partition coefficient (Wildman–Crippen LogP) is 4.13. The minimum absolute atomic E-state index is 0.0931. The highest BCUT2D eigenvalue weighted by atomic mass is 32.1. The van der Waals surface area contributed by atoms with E-state index in [0.29, 0.717) is 55.9 Å². The molecule has 1 unspecified atom stereocenters. The van der Waals surface area contributed by atoms with Crippen LogP contribution >= 0.6 is 11.3 Å². The van der Waals surface area contributed by atoms with Gasteiger partial charge in [-0.2, -0.15) is 5.10 Å². The molecule has 0 saturated carbocycles. The van der Waals surface area contributed by atoms with Crippen molar-refractivity contribution in [2.75, 3.05) is 17.7 Å². The molecular weight excluding hydrogens is 478 g/mol. The van der Waals surface area contributed by atoms with Crippen LogP contribution in [0.5, 0.6) is 5.75 Å². The lowest BCUT2D eigenvalue weighted by atomic mass is 9.95. The van der Waals surface area contributed by atoms with Crippen molar-refractivity contribution < 1.29 is 19.1 Å². The Morgan fingerprint density at radius 3 is 2.83 bits per heavy atom. The molecule has 2 amide bonds. The van der Waals surface area contributed by atoms with Crippen molar-refractivity contribution in [3.63, 3.8) is 0 Å². The molecule has 0 aliphatic heterocycles. The summed E-state index contributed by atoms with van der Waals surface area (Å²) in [5.74, 6) is 0.717. The Balaban J connectivity index is 1.29. The van der Waals surface area contributed by atoms with E-state index in [4.69, 9.17) is 15.2 Å². The Labute approximate surface area is 215 Å². The summed E-state index contributed by atoms with van der Waals surface area (Å²) in [6.45, 7) is 4.79. The van der Waals surface area contributed by atoms with Crippen molar-refractivity contribution in [1.82, 2.24) is 15.1 Å². The van der Waals surface area contributed by atoms with Crippen LogP contribution in [0.4, 0.5) is 15.5 Å². The number of thiophene rings is 1. The maximum atomic E-state index is 12.7. The molecule has 1 aliphatic carbocycles. The van der Waals surface area contributed by atoms with Gasteiger partial charge in [-0.1, -0.05) is 18.2 Å². The number of fused-ring (bicyclic) bond motifs is 1. The number of nitrogens with two attached hydrogens (primary N) is 1. The molecule has 0 saturated heterocycles. The van der Waals surface area contributed by atoms with Gasteiger partial charge in [-0.05, 0) is 50.3 Å². The summed E-state index contributed by atoms with van der Waals surface area (Å²) in [6.07, 6.45) is 4.08. The molecule has 3 aromatic rings. The molecule has 192 valence electrons. The first-order valence-electron chi connectivity index (χ1n) is 12.2. The molecule has 10 heteroatoms. The van der Waals surface area contributed by atoms with Gasteiger partial charge in [0.25, 0.3) is 0 Å². The molecule has 2 heterocycles. The third kappa shape index (κ3) is 6.17. The molecule has 1 aromatic carbocycles. The number of rotatable bonds is 9. The highest BCUT2D eigenvalue weighted by Crippen LogP contribution is 2.40. The van der Waals surface area contributed by atoms with Gasteiger partial charge < -0.3 is 25.8 Å². The molecule has 0 radical (unpaired) electrons. The quantitative estimate of drug-likeness (QED) is 0.397. The Morgan fingerprint density at radius 1 is 1.28 bits per heavy atom. The second-order valence-corrected chi connectivity index (χ2v) is 9.98. The molecule has 1 atom stereocenters. The molecule has 4 N–H and O–H groups in total. The number of alkyl carbamates (subject to hydrolysis) is 1. The van der Waals surface area contributed by atoms with E-state index in [1.165, 1.54) is 11.3 Å². The summed E-state index contributed by atoms with van der Waals surface area (Å²) >= 11 is 1.46. The molecular formula is C26H33N5O4S. The van der Waals surface area contributed by atoms with E-state index in [1.54, 1.807) is 4.68 Å². The number of ether oxygens (including phenoxy) is 2. The van der Waals surface area contributed by atoms with Gasteiger partial charge in [0.2, 0.25) is 5.91 Å². The first-order chi connectivity index (χ1) is 17.3. The van der Waals surface area contributed by atoms with Crippen LogP contribution in [0.1, 0.15) is 47.0 Å². The highest BCUT2D eigenvalue weighted by molar-refractivity contribution is 7.17. The zero-order valence-electron chi connectivity index (χ0n) is 20.9. The fraction of sp³-hybridized carbons (Fsp3) is 0.423. The zero-order valence-corrected chi connectivity index (χ0v) is 21.7. The van der Waals surface area contributed by atoms with Crippen molar-refractivity contribution in [3.8, 4) is 5.75 Å². The van der Waals surface area contributed by atoms with E-state index in [0.717, 1.165) is 33.0 Å². The van der Waals surface area contributed by atoms with Crippen LogP contribution in [0, 0.1) is 6.92 Å². The van der Waals surface area contributed by atoms with Gasteiger partial charge in [0.1, 0.15) is 16.9 Å². The number of hydrogen-bond donors (Lipinski definition) is 3. The van der Waals surface area contributed by atoms with Gasteiger partial charge in [-0.15, -0.1) is 11.3 Å². The van der Waals surface area contributed by atoms with Crippen molar-refractivity contribution in [3.05, 3.63) is 57.7 Å². The molecule has 0 bridgehead atoms. The van der Waals surface area contributed by atoms with Gasteiger partial charge in [0.15, 0.2) is 0 Å². The fourth-order valence-electron chi connectivity index (χ4n) is 4.40. The van der Waals surface area contributed by atoms with Crippen molar-refractivity contribution in [2.24, 2.45) is 7.05 Å². The van der Waals surface area contributed by atoms with E-state index in [2.05, 4.69) is 15.7 Å². The lowest BCUT2D eigenvalue weighted by molar-refractivity contribution is -0.116. The summed E-state index contributed by atoms with van der Waals surface area (Å²) in [4.78, 5) is 26.1. The largest absolute Gasteiger partial charge is 0.494 e. The molecule has 0 fully saturated rings. The number of hydrogen-bond acceptors (Lipinski definition) is 7. The number of carbonyl (C=O) groups excluding carboxylic acids is 2. The normalized spacial score (nSPS) is 14.7. The molecule has 0 spiro atoms. The summed E-state index contributed by atoms with van der Waals surface area (Å²) in [5, 5.41) is 10.7. The van der Waals surface area contributed by atoms with Crippen LogP contribution in [0.3, 0.4) is 0 Å². The SMILES string of the molecule is CCOc1ccccc1CCC(=O)Nc1sc2c(c1N)CCC(OC(=O)NCc1cn(C)nc1C)C2. The van der Waals surface area contributed by atoms with E-state index < -0.39 is 6.09 Å². The maximum Gasteiger partial charge on any atom is 0.407 e. The van der Waals surface area contributed by atoms with E-state index in [-0.39, 0.29) is 12.0 Å². The smallest absolute Gasteiger partial charge is 0.407 e. The van der Waals surface area contributed by atoms with Crippen LogP contribution in [0.2, 0.25) is 0 Å². The monoisotopic (exact) mass is 511 g/mol. The average Bonchev–Trinajstić information content (AvgIpc) is 3.34. The van der Waals surface area contributed by atoms with E-state index in [9.17, 15) is 9.59 Å². The van der Waals surface area contributed by atoms with Crippen LogP contribution in [0.15, 0.2) is 30.5 Å². The zero-order chi connectivity index (χ0) is 25.7. The summed E-state index contributed by atoms with van der Waals surface area (Å²) in [7, 11) is 1.85. The van der Waals surface area contributed by atoms with Crippen molar-refractivity contribution >= 4 is 34.0 Å².